The molecule has 2 rings (SSSR count). The molecular formula is C11H16N4O3S. The zero-order valence-corrected chi connectivity index (χ0v) is 11.3. The summed E-state index contributed by atoms with van der Waals surface area (Å²) in [4.78, 5) is 5.90. The lowest BCUT2D eigenvalue weighted by Gasteiger charge is -2.26. The summed E-state index contributed by atoms with van der Waals surface area (Å²) in [5.41, 5.74) is 6.57. The Balaban J connectivity index is 2.32. The third-order valence-electron chi connectivity index (χ3n) is 3.27. The van der Waals surface area contributed by atoms with Gasteiger partial charge in [0.05, 0.1) is 17.2 Å². The number of amidine groups is 1. The zero-order valence-electron chi connectivity index (χ0n) is 10.5. The van der Waals surface area contributed by atoms with E-state index in [2.05, 4.69) is 10.1 Å². The fourth-order valence-corrected chi connectivity index (χ4v) is 3.98. The Kier molecular flexibility index (Phi) is 3.61. The molecule has 7 nitrogen and oxygen atoms in total. The molecule has 0 bridgehead atoms. The van der Waals surface area contributed by atoms with Crippen LogP contribution in [0, 0.1) is 0 Å². The molecule has 104 valence electrons. The van der Waals surface area contributed by atoms with Crippen LogP contribution in [0.15, 0.2) is 23.5 Å². The van der Waals surface area contributed by atoms with Crippen molar-refractivity contribution in [3.8, 4) is 0 Å². The van der Waals surface area contributed by atoms with Crippen LogP contribution in [0.4, 0.5) is 5.69 Å². The van der Waals surface area contributed by atoms with Gasteiger partial charge in [-0.2, -0.15) is 0 Å². The van der Waals surface area contributed by atoms with Gasteiger partial charge in [0.2, 0.25) is 0 Å². The zero-order chi connectivity index (χ0) is 14.0. The minimum absolute atomic E-state index is 0.0942. The number of aromatic nitrogens is 1. The van der Waals surface area contributed by atoms with Crippen LogP contribution in [0.2, 0.25) is 0 Å². The van der Waals surface area contributed by atoms with Gasteiger partial charge in [-0.25, -0.2) is 8.42 Å². The number of anilines is 1. The summed E-state index contributed by atoms with van der Waals surface area (Å²) in [7, 11) is -1.17. The molecule has 1 unspecified atom stereocenters. The average molecular weight is 284 g/mol. The van der Waals surface area contributed by atoms with Crippen molar-refractivity contribution >= 4 is 21.4 Å². The first-order valence-corrected chi connectivity index (χ1v) is 7.63. The molecule has 0 aliphatic carbocycles. The van der Waals surface area contributed by atoms with E-state index in [1.165, 1.54) is 6.20 Å². The molecule has 2 heterocycles. The van der Waals surface area contributed by atoms with Crippen LogP contribution in [-0.2, 0) is 9.84 Å². The molecule has 1 aromatic rings. The number of hydrogen-bond donors (Lipinski definition) is 2. The number of oxime groups is 1. The highest BCUT2D eigenvalue weighted by Crippen LogP contribution is 2.24. The van der Waals surface area contributed by atoms with E-state index in [4.69, 9.17) is 10.9 Å². The van der Waals surface area contributed by atoms with Gasteiger partial charge in [-0.1, -0.05) is 5.16 Å². The summed E-state index contributed by atoms with van der Waals surface area (Å²) in [6.07, 6.45) is 2.11. The summed E-state index contributed by atoms with van der Waals surface area (Å²) in [6, 6.07) is 3.38. The lowest BCUT2D eigenvalue weighted by atomic mass is 10.2. The van der Waals surface area contributed by atoms with Crippen LogP contribution in [0.3, 0.4) is 0 Å². The molecule has 1 saturated heterocycles. The second-order valence-corrected chi connectivity index (χ2v) is 6.75. The predicted octanol–water partition coefficient (Wildman–Crippen LogP) is -0.201. The Morgan fingerprint density at radius 2 is 2.37 bits per heavy atom. The summed E-state index contributed by atoms with van der Waals surface area (Å²) >= 11 is 0. The van der Waals surface area contributed by atoms with Gasteiger partial charge < -0.3 is 15.8 Å². The topological polar surface area (TPSA) is 109 Å². The van der Waals surface area contributed by atoms with Gasteiger partial charge in [-0.3, -0.25) is 4.98 Å². The molecular weight excluding hydrogens is 268 g/mol. The molecule has 0 spiro atoms. The molecule has 1 aliphatic rings. The van der Waals surface area contributed by atoms with Gasteiger partial charge in [0.25, 0.3) is 0 Å². The van der Waals surface area contributed by atoms with E-state index in [0.29, 0.717) is 17.8 Å². The molecule has 1 aromatic heterocycles. The molecule has 0 amide bonds. The molecule has 0 aromatic carbocycles. The van der Waals surface area contributed by atoms with Crippen LogP contribution in [0.25, 0.3) is 0 Å². The Hall–Kier alpha value is -1.83. The number of nitrogens with zero attached hydrogens (tertiary/aromatic N) is 3. The van der Waals surface area contributed by atoms with Crippen molar-refractivity contribution in [1.82, 2.24) is 4.98 Å². The van der Waals surface area contributed by atoms with Crippen molar-refractivity contribution in [3.05, 3.63) is 24.0 Å². The summed E-state index contributed by atoms with van der Waals surface area (Å²) in [5, 5.41) is 11.7. The fourth-order valence-electron chi connectivity index (χ4n) is 2.20. The molecule has 19 heavy (non-hydrogen) atoms. The van der Waals surface area contributed by atoms with Crippen molar-refractivity contribution < 1.29 is 13.6 Å². The number of sulfone groups is 1. The van der Waals surface area contributed by atoms with Crippen LogP contribution in [0.5, 0.6) is 0 Å². The average Bonchev–Trinajstić information content (AvgIpc) is 2.77. The van der Waals surface area contributed by atoms with Crippen molar-refractivity contribution in [2.24, 2.45) is 10.9 Å². The van der Waals surface area contributed by atoms with E-state index in [9.17, 15) is 8.42 Å². The molecule has 1 fully saturated rings. The smallest absolute Gasteiger partial charge is 0.190 e. The minimum atomic E-state index is -2.96. The molecule has 1 aliphatic heterocycles. The summed E-state index contributed by atoms with van der Waals surface area (Å²) < 4.78 is 23.0. The van der Waals surface area contributed by atoms with Crippen LogP contribution in [0.1, 0.15) is 12.1 Å². The standard InChI is InChI=1S/C11H16N4O3S/c1-15(8-4-6-19(17,18)7-8)9-3-2-5-13-10(9)11(12)14-16/h2-3,5,8,16H,4,6-7H2,1H3,(H2,12,14). The normalized spacial score (nSPS) is 22.4. The van der Waals surface area contributed by atoms with Crippen molar-refractivity contribution in [1.29, 1.82) is 0 Å². The lowest BCUT2D eigenvalue weighted by molar-refractivity contribution is 0.318. The first-order valence-electron chi connectivity index (χ1n) is 5.81. The second kappa shape index (κ2) is 5.04. The highest BCUT2D eigenvalue weighted by Gasteiger charge is 2.31. The summed E-state index contributed by atoms with van der Waals surface area (Å²) in [6.45, 7) is 0. The van der Waals surface area contributed by atoms with E-state index >= 15 is 0 Å². The van der Waals surface area contributed by atoms with Gasteiger partial charge >= 0.3 is 0 Å². The SMILES string of the molecule is CN(c1cccnc1/C(N)=N/O)C1CCS(=O)(=O)C1. The molecule has 8 heteroatoms. The van der Waals surface area contributed by atoms with E-state index in [0.717, 1.165) is 0 Å². The Labute approximate surface area is 111 Å². The Morgan fingerprint density at radius 3 is 2.95 bits per heavy atom. The van der Waals surface area contributed by atoms with Crippen molar-refractivity contribution in [2.75, 3.05) is 23.5 Å². The van der Waals surface area contributed by atoms with Gasteiger partial charge in [-0.15, -0.1) is 0 Å². The maximum absolute atomic E-state index is 11.5. The molecule has 0 saturated carbocycles. The highest BCUT2D eigenvalue weighted by molar-refractivity contribution is 7.91. The molecule has 1 atom stereocenters. The Morgan fingerprint density at radius 1 is 1.63 bits per heavy atom. The lowest BCUT2D eigenvalue weighted by Crippen LogP contribution is -2.34. The van der Waals surface area contributed by atoms with Gasteiger partial charge in [0, 0.05) is 19.3 Å². The van der Waals surface area contributed by atoms with E-state index in [1.54, 1.807) is 19.2 Å². The Bertz CT molecular complexity index is 600. The van der Waals surface area contributed by atoms with E-state index < -0.39 is 9.84 Å². The second-order valence-electron chi connectivity index (χ2n) is 4.52. The van der Waals surface area contributed by atoms with Gasteiger partial charge in [0.1, 0.15) is 5.69 Å². The monoisotopic (exact) mass is 284 g/mol. The third-order valence-corrected chi connectivity index (χ3v) is 5.02. The first-order chi connectivity index (χ1) is 8.94. The first kappa shape index (κ1) is 13.6. The van der Waals surface area contributed by atoms with Crippen LogP contribution >= 0.6 is 0 Å². The molecule has 3 N–H and O–H groups in total. The van der Waals surface area contributed by atoms with E-state index in [-0.39, 0.29) is 23.4 Å². The van der Waals surface area contributed by atoms with Gasteiger partial charge in [-0.05, 0) is 18.6 Å². The maximum Gasteiger partial charge on any atom is 0.190 e. The highest BCUT2D eigenvalue weighted by atomic mass is 32.2. The van der Waals surface area contributed by atoms with E-state index in [1.807, 2.05) is 4.90 Å². The van der Waals surface area contributed by atoms with Crippen LogP contribution in [-0.4, -0.2) is 49.0 Å². The number of pyridine rings is 1. The van der Waals surface area contributed by atoms with Crippen molar-refractivity contribution in [2.45, 2.75) is 12.5 Å². The predicted molar refractivity (Wildman–Crippen MR) is 72.2 cm³/mol. The third kappa shape index (κ3) is 2.78. The number of nitrogens with two attached hydrogens (primary N) is 1. The maximum atomic E-state index is 11.5. The van der Waals surface area contributed by atoms with Gasteiger partial charge in [0.15, 0.2) is 15.7 Å². The molecule has 0 radical (unpaired) electrons. The van der Waals surface area contributed by atoms with Crippen LogP contribution < -0.4 is 10.6 Å². The summed E-state index contributed by atoms with van der Waals surface area (Å²) in [5.74, 6) is 0.221. The fraction of sp³-hybridized carbons (Fsp3) is 0.455. The number of hydrogen-bond acceptors (Lipinski definition) is 6. The minimum Gasteiger partial charge on any atom is -0.409 e. The number of rotatable bonds is 3. The largest absolute Gasteiger partial charge is 0.409 e. The quantitative estimate of drug-likeness (QED) is 0.344. The van der Waals surface area contributed by atoms with Crippen molar-refractivity contribution in [3.63, 3.8) is 0 Å².